The van der Waals surface area contributed by atoms with Crippen molar-refractivity contribution in [1.29, 1.82) is 0 Å². The lowest BCUT2D eigenvalue weighted by Crippen LogP contribution is -2.16. The van der Waals surface area contributed by atoms with Crippen LogP contribution in [0.15, 0.2) is 33.5 Å². The summed E-state index contributed by atoms with van der Waals surface area (Å²) in [5, 5.41) is 23.1. The molecule has 10 nitrogen and oxygen atoms in total. The average molecular weight is 587 g/mol. The SMILES string of the molecule is C/C=C1/C(=C/c2[nH]c(/C=c3\[nH]/c(=C/C4=NC(=O)C(CC)=C4C)c(CCC(=O)O)c3C)c(CCC(=O)O)c2C)NC(=O)C1C. The molecule has 2 amide bonds. The molecule has 2 aromatic rings. The van der Waals surface area contributed by atoms with Crippen molar-refractivity contribution in [2.24, 2.45) is 10.9 Å². The molecule has 0 radical (unpaired) electrons. The highest BCUT2D eigenvalue weighted by Gasteiger charge is 2.29. The number of nitrogens with zero attached hydrogens (tertiary/aromatic N) is 1. The molecule has 0 aromatic carbocycles. The Labute approximate surface area is 249 Å². The van der Waals surface area contributed by atoms with Crippen LogP contribution in [0.25, 0.3) is 18.2 Å². The van der Waals surface area contributed by atoms with Crippen molar-refractivity contribution in [2.75, 3.05) is 0 Å². The molecule has 1 atom stereocenters. The highest BCUT2D eigenvalue weighted by molar-refractivity contribution is 6.30. The molecule has 226 valence electrons. The topological polar surface area (TPSA) is 165 Å². The Hall–Kier alpha value is -4.73. The Bertz CT molecular complexity index is 1780. The Kier molecular flexibility index (Phi) is 9.18. The maximum absolute atomic E-state index is 12.4. The fraction of sp³-hybridized carbons (Fsp3) is 0.364. The molecular formula is C33H38N4O6. The summed E-state index contributed by atoms with van der Waals surface area (Å²) in [5.41, 5.74) is 8.42. The third-order valence-electron chi connectivity index (χ3n) is 8.35. The summed E-state index contributed by atoms with van der Waals surface area (Å²) in [6, 6.07) is 0. The third kappa shape index (κ3) is 6.38. The van der Waals surface area contributed by atoms with Crippen molar-refractivity contribution in [3.05, 3.63) is 72.8 Å². The van der Waals surface area contributed by atoms with E-state index in [0.717, 1.165) is 44.4 Å². The van der Waals surface area contributed by atoms with Gasteiger partial charge in [0.2, 0.25) is 5.91 Å². The minimum atomic E-state index is -0.919. The first kappa shape index (κ1) is 31.2. The second kappa shape index (κ2) is 12.6. The molecule has 0 spiro atoms. The summed E-state index contributed by atoms with van der Waals surface area (Å²) < 4.78 is 0. The first-order chi connectivity index (χ1) is 20.4. The van der Waals surface area contributed by atoms with Crippen LogP contribution in [0.4, 0.5) is 0 Å². The predicted molar refractivity (Wildman–Crippen MR) is 165 cm³/mol. The van der Waals surface area contributed by atoms with Crippen LogP contribution < -0.4 is 16.0 Å². The van der Waals surface area contributed by atoms with Crippen molar-refractivity contribution < 1.29 is 29.4 Å². The number of rotatable bonds is 10. The summed E-state index contributed by atoms with van der Waals surface area (Å²) >= 11 is 0. The number of aliphatic imine (C=N–C) groups is 1. The number of aromatic nitrogens is 2. The second-order valence-electron chi connectivity index (χ2n) is 11.0. The Morgan fingerprint density at radius 2 is 1.53 bits per heavy atom. The lowest BCUT2D eigenvalue weighted by atomic mass is 10.0. The van der Waals surface area contributed by atoms with Gasteiger partial charge in [-0.25, -0.2) is 4.99 Å². The van der Waals surface area contributed by atoms with E-state index in [1.54, 1.807) is 6.08 Å². The van der Waals surface area contributed by atoms with Crippen molar-refractivity contribution in [3.63, 3.8) is 0 Å². The van der Waals surface area contributed by atoms with E-state index >= 15 is 0 Å². The van der Waals surface area contributed by atoms with Crippen molar-refractivity contribution in [3.8, 4) is 0 Å². The number of nitrogens with one attached hydrogen (secondary N) is 3. The summed E-state index contributed by atoms with van der Waals surface area (Å²) in [5.74, 6) is -2.43. The number of carboxylic acids is 2. The van der Waals surface area contributed by atoms with Gasteiger partial charge in [-0.05, 0) is 106 Å². The normalized spacial score (nSPS) is 19.8. The van der Waals surface area contributed by atoms with Crippen LogP contribution in [0.1, 0.15) is 80.6 Å². The van der Waals surface area contributed by atoms with E-state index < -0.39 is 11.9 Å². The quantitative estimate of drug-likeness (QED) is 0.286. The van der Waals surface area contributed by atoms with Gasteiger partial charge in [0.05, 0.1) is 11.6 Å². The predicted octanol–water partition coefficient (Wildman–Crippen LogP) is 3.36. The summed E-state index contributed by atoms with van der Waals surface area (Å²) in [7, 11) is 0. The molecule has 0 aliphatic carbocycles. The largest absolute Gasteiger partial charge is 0.481 e. The van der Waals surface area contributed by atoms with E-state index in [1.165, 1.54) is 0 Å². The number of amides is 2. The molecule has 0 saturated carbocycles. The van der Waals surface area contributed by atoms with Crippen LogP contribution in [0.5, 0.6) is 0 Å². The number of aliphatic carboxylic acids is 2. The van der Waals surface area contributed by atoms with Gasteiger partial charge in [0.1, 0.15) is 0 Å². The molecule has 10 heteroatoms. The zero-order valence-corrected chi connectivity index (χ0v) is 25.4. The van der Waals surface area contributed by atoms with Gasteiger partial charge in [0, 0.05) is 46.2 Å². The van der Waals surface area contributed by atoms with Crippen molar-refractivity contribution >= 4 is 47.7 Å². The highest BCUT2D eigenvalue weighted by atomic mass is 16.4. The summed E-state index contributed by atoms with van der Waals surface area (Å²) in [6.45, 7) is 11.3. The standard InChI is InChI=1S/C33H38N4O6/c1-7-20-19(6)32(42)37-27(20)13-24-17(4)22(9-11-30(38)39)28(34-24)14-25-18(5)23(10-12-31(40)41)29(35-25)15-26-16(3)21(8-2)33(43)36-26/h7,13-15,19,34-35H,8-12H2,1-6H3,(H,37,42)(H,38,39)(H,40,41)/b20-7+,25-14-,27-13-,29-15+. The number of hydrogen-bond acceptors (Lipinski definition) is 4. The maximum Gasteiger partial charge on any atom is 0.303 e. The zero-order valence-electron chi connectivity index (χ0n) is 25.4. The average Bonchev–Trinajstić information content (AvgIpc) is 3.59. The summed E-state index contributed by atoms with van der Waals surface area (Å²) in [4.78, 5) is 58.7. The molecule has 2 aliphatic rings. The molecule has 43 heavy (non-hydrogen) atoms. The molecule has 4 heterocycles. The van der Waals surface area contributed by atoms with Crippen LogP contribution >= 0.6 is 0 Å². The molecule has 1 unspecified atom stereocenters. The van der Waals surface area contributed by atoms with E-state index in [2.05, 4.69) is 20.3 Å². The Morgan fingerprint density at radius 1 is 0.884 bits per heavy atom. The van der Waals surface area contributed by atoms with E-state index in [-0.39, 0.29) is 37.0 Å². The van der Waals surface area contributed by atoms with Crippen LogP contribution in [0, 0.1) is 19.8 Å². The highest BCUT2D eigenvalue weighted by Crippen LogP contribution is 2.29. The Morgan fingerprint density at radius 3 is 2.12 bits per heavy atom. The smallest absolute Gasteiger partial charge is 0.303 e. The number of allylic oxidation sites excluding steroid dienone is 3. The monoisotopic (exact) mass is 586 g/mol. The van der Waals surface area contributed by atoms with Crippen LogP contribution in [0.3, 0.4) is 0 Å². The summed E-state index contributed by atoms with van der Waals surface area (Å²) in [6.07, 6.45) is 8.49. The van der Waals surface area contributed by atoms with Gasteiger partial charge in [-0.2, -0.15) is 0 Å². The number of carbonyl (C=O) groups excluding carboxylic acids is 2. The maximum atomic E-state index is 12.4. The van der Waals surface area contributed by atoms with Crippen molar-refractivity contribution in [2.45, 2.75) is 73.6 Å². The third-order valence-corrected chi connectivity index (χ3v) is 8.35. The fourth-order valence-electron chi connectivity index (χ4n) is 5.77. The number of aromatic amines is 2. The fourth-order valence-corrected chi connectivity index (χ4v) is 5.77. The van der Waals surface area contributed by atoms with Crippen LogP contribution in [0.2, 0.25) is 0 Å². The van der Waals surface area contributed by atoms with Gasteiger partial charge < -0.3 is 25.5 Å². The zero-order chi connectivity index (χ0) is 31.6. The van der Waals surface area contributed by atoms with Gasteiger partial charge >= 0.3 is 11.9 Å². The minimum Gasteiger partial charge on any atom is -0.481 e. The van der Waals surface area contributed by atoms with Gasteiger partial charge in [0.25, 0.3) is 5.91 Å². The molecule has 2 aliphatic heterocycles. The molecule has 0 bridgehead atoms. The molecule has 4 rings (SSSR count). The van der Waals surface area contributed by atoms with Gasteiger partial charge in [0.15, 0.2) is 0 Å². The molecule has 5 N–H and O–H groups in total. The lowest BCUT2D eigenvalue weighted by molar-refractivity contribution is -0.138. The van der Waals surface area contributed by atoms with E-state index in [0.29, 0.717) is 40.9 Å². The number of carboxylic acid groups (broad SMARTS) is 2. The van der Waals surface area contributed by atoms with Crippen LogP contribution in [-0.4, -0.2) is 49.6 Å². The van der Waals surface area contributed by atoms with E-state index in [1.807, 2.05) is 59.8 Å². The van der Waals surface area contributed by atoms with Gasteiger partial charge in [-0.3, -0.25) is 19.2 Å². The molecule has 1 fully saturated rings. The van der Waals surface area contributed by atoms with Crippen LogP contribution in [-0.2, 0) is 32.0 Å². The van der Waals surface area contributed by atoms with Gasteiger partial charge in [-0.1, -0.05) is 13.0 Å². The molecular weight excluding hydrogens is 548 g/mol. The first-order valence-corrected chi connectivity index (χ1v) is 14.4. The van der Waals surface area contributed by atoms with E-state index in [4.69, 9.17) is 0 Å². The Balaban J connectivity index is 1.90. The van der Waals surface area contributed by atoms with Crippen molar-refractivity contribution in [1.82, 2.24) is 15.3 Å². The second-order valence-corrected chi connectivity index (χ2v) is 11.0. The first-order valence-electron chi connectivity index (χ1n) is 14.4. The number of hydrogen-bond donors (Lipinski definition) is 5. The molecule has 2 aromatic heterocycles. The van der Waals surface area contributed by atoms with Gasteiger partial charge in [-0.15, -0.1) is 0 Å². The lowest BCUT2D eigenvalue weighted by Gasteiger charge is -2.03. The van der Waals surface area contributed by atoms with E-state index in [9.17, 15) is 29.4 Å². The minimum absolute atomic E-state index is 0.0603. The number of H-pyrrole nitrogens is 2. The number of carbonyl (C=O) groups is 4. The molecule has 1 saturated heterocycles.